The zero-order chi connectivity index (χ0) is 17.8. The van der Waals surface area contributed by atoms with Gasteiger partial charge >= 0.3 is 0 Å². The van der Waals surface area contributed by atoms with Crippen LogP contribution in [0, 0.1) is 0 Å². The van der Waals surface area contributed by atoms with E-state index >= 15 is 0 Å². The number of nitrogens with one attached hydrogen (secondary N) is 2. The van der Waals surface area contributed by atoms with E-state index in [1.165, 1.54) is 16.5 Å². The number of hydrogen-bond donors (Lipinski definition) is 2. The molecule has 0 aliphatic heterocycles. The van der Waals surface area contributed by atoms with Gasteiger partial charge in [-0.25, -0.2) is 0 Å². The SMILES string of the molecule is COCc1cc(NCc2ccccc2)c2[nH]c(-c3ccccc3)cc2c1. The number of ether oxygens (including phenoxy) is 1. The third-order valence-electron chi connectivity index (χ3n) is 4.51. The minimum Gasteiger partial charge on any atom is -0.380 e. The minimum atomic E-state index is 0.599. The van der Waals surface area contributed by atoms with Crippen LogP contribution in [0.25, 0.3) is 22.2 Å². The maximum atomic E-state index is 5.35. The maximum Gasteiger partial charge on any atom is 0.0714 e. The summed E-state index contributed by atoms with van der Waals surface area (Å²) in [5.74, 6) is 0. The van der Waals surface area contributed by atoms with Gasteiger partial charge in [-0.15, -0.1) is 0 Å². The van der Waals surface area contributed by atoms with Crippen molar-refractivity contribution in [3.63, 3.8) is 0 Å². The quantitative estimate of drug-likeness (QED) is 0.479. The lowest BCUT2D eigenvalue weighted by atomic mass is 10.1. The first-order chi connectivity index (χ1) is 12.8. The van der Waals surface area contributed by atoms with Crippen LogP contribution in [-0.4, -0.2) is 12.1 Å². The normalized spacial score (nSPS) is 11.0. The number of hydrogen-bond acceptors (Lipinski definition) is 2. The zero-order valence-electron chi connectivity index (χ0n) is 14.8. The van der Waals surface area contributed by atoms with Crippen molar-refractivity contribution in [3.05, 3.63) is 90.0 Å². The predicted octanol–water partition coefficient (Wildman–Crippen LogP) is 5.59. The van der Waals surface area contributed by atoms with Gasteiger partial charge in [-0.3, -0.25) is 0 Å². The second-order valence-corrected chi connectivity index (χ2v) is 6.43. The van der Waals surface area contributed by atoms with Crippen molar-refractivity contribution in [2.24, 2.45) is 0 Å². The molecular formula is C23H22N2O. The van der Waals surface area contributed by atoms with Gasteiger partial charge in [-0.2, -0.15) is 0 Å². The molecular weight excluding hydrogens is 320 g/mol. The Bertz CT molecular complexity index is 991. The molecule has 0 fully saturated rings. The van der Waals surface area contributed by atoms with E-state index in [2.05, 4.69) is 77.0 Å². The van der Waals surface area contributed by atoms with Crippen molar-refractivity contribution in [1.82, 2.24) is 4.98 Å². The number of fused-ring (bicyclic) bond motifs is 1. The Kier molecular flexibility index (Phi) is 4.71. The zero-order valence-corrected chi connectivity index (χ0v) is 14.8. The van der Waals surface area contributed by atoms with E-state index in [1.54, 1.807) is 7.11 Å². The molecule has 0 saturated carbocycles. The van der Waals surface area contributed by atoms with Gasteiger partial charge in [-0.1, -0.05) is 60.7 Å². The summed E-state index contributed by atoms with van der Waals surface area (Å²) in [6.07, 6.45) is 0. The summed E-state index contributed by atoms with van der Waals surface area (Å²) in [5.41, 5.74) is 6.95. The molecule has 4 rings (SSSR count). The van der Waals surface area contributed by atoms with Gasteiger partial charge in [0.25, 0.3) is 0 Å². The predicted molar refractivity (Wildman–Crippen MR) is 108 cm³/mol. The molecule has 26 heavy (non-hydrogen) atoms. The fourth-order valence-corrected chi connectivity index (χ4v) is 3.26. The average molecular weight is 342 g/mol. The molecule has 3 nitrogen and oxygen atoms in total. The number of benzene rings is 3. The molecule has 0 atom stereocenters. The lowest BCUT2D eigenvalue weighted by Gasteiger charge is -2.10. The number of anilines is 1. The average Bonchev–Trinajstić information content (AvgIpc) is 3.12. The fraction of sp³-hybridized carbons (Fsp3) is 0.130. The number of methoxy groups -OCH3 is 1. The molecule has 0 saturated heterocycles. The van der Waals surface area contributed by atoms with E-state index in [9.17, 15) is 0 Å². The highest BCUT2D eigenvalue weighted by molar-refractivity contribution is 5.95. The van der Waals surface area contributed by atoms with Gasteiger partial charge in [0.2, 0.25) is 0 Å². The molecule has 0 unspecified atom stereocenters. The van der Waals surface area contributed by atoms with Crippen LogP contribution in [0.3, 0.4) is 0 Å². The Hall–Kier alpha value is -3.04. The first-order valence-corrected chi connectivity index (χ1v) is 8.81. The Morgan fingerprint density at radius 1 is 0.846 bits per heavy atom. The van der Waals surface area contributed by atoms with Crippen molar-refractivity contribution >= 4 is 16.6 Å². The van der Waals surface area contributed by atoms with Crippen molar-refractivity contribution < 1.29 is 4.74 Å². The highest BCUT2D eigenvalue weighted by atomic mass is 16.5. The largest absolute Gasteiger partial charge is 0.380 e. The molecule has 4 aromatic rings. The second kappa shape index (κ2) is 7.46. The monoisotopic (exact) mass is 342 g/mol. The van der Waals surface area contributed by atoms with Gasteiger partial charge in [-0.05, 0) is 34.9 Å². The molecule has 3 aromatic carbocycles. The van der Waals surface area contributed by atoms with Crippen molar-refractivity contribution in [1.29, 1.82) is 0 Å². The van der Waals surface area contributed by atoms with Crippen LogP contribution >= 0.6 is 0 Å². The van der Waals surface area contributed by atoms with Crippen molar-refractivity contribution in [2.75, 3.05) is 12.4 Å². The summed E-state index contributed by atoms with van der Waals surface area (Å²) < 4.78 is 5.35. The molecule has 0 spiro atoms. The highest BCUT2D eigenvalue weighted by Gasteiger charge is 2.09. The smallest absolute Gasteiger partial charge is 0.0714 e. The molecule has 0 amide bonds. The van der Waals surface area contributed by atoms with Crippen LogP contribution in [0.4, 0.5) is 5.69 Å². The van der Waals surface area contributed by atoms with Gasteiger partial charge in [0.15, 0.2) is 0 Å². The molecule has 0 aliphatic rings. The van der Waals surface area contributed by atoms with E-state index in [0.29, 0.717) is 6.61 Å². The third kappa shape index (κ3) is 3.48. The Balaban J connectivity index is 1.72. The standard InChI is InChI=1S/C23H22N2O/c1-26-16-18-12-20-14-21(19-10-6-3-7-11-19)25-23(20)22(13-18)24-15-17-8-4-2-5-9-17/h2-14,24-25H,15-16H2,1H3. The highest BCUT2D eigenvalue weighted by Crippen LogP contribution is 2.30. The minimum absolute atomic E-state index is 0.599. The van der Waals surface area contributed by atoms with E-state index < -0.39 is 0 Å². The molecule has 3 heteroatoms. The lowest BCUT2D eigenvalue weighted by Crippen LogP contribution is -2.01. The number of H-pyrrole nitrogens is 1. The first kappa shape index (κ1) is 16.4. The number of aromatic amines is 1. The summed E-state index contributed by atoms with van der Waals surface area (Å²) in [7, 11) is 1.73. The fourth-order valence-electron chi connectivity index (χ4n) is 3.26. The van der Waals surface area contributed by atoms with Crippen LogP contribution in [0.15, 0.2) is 78.9 Å². The van der Waals surface area contributed by atoms with Crippen LogP contribution in [0.2, 0.25) is 0 Å². The molecule has 1 heterocycles. The molecule has 2 N–H and O–H groups in total. The molecule has 0 radical (unpaired) electrons. The van der Waals surface area contributed by atoms with E-state index in [1.807, 2.05) is 12.1 Å². The molecule has 130 valence electrons. The summed E-state index contributed by atoms with van der Waals surface area (Å²) in [6, 6.07) is 27.4. The van der Waals surface area contributed by atoms with E-state index in [4.69, 9.17) is 4.74 Å². The van der Waals surface area contributed by atoms with Crippen molar-refractivity contribution in [3.8, 4) is 11.3 Å². The van der Waals surface area contributed by atoms with Crippen LogP contribution < -0.4 is 5.32 Å². The van der Waals surface area contributed by atoms with Crippen LogP contribution in [-0.2, 0) is 17.9 Å². The Morgan fingerprint density at radius 2 is 1.58 bits per heavy atom. The van der Waals surface area contributed by atoms with E-state index in [0.717, 1.165) is 29.0 Å². The van der Waals surface area contributed by atoms with Gasteiger partial charge in [0.1, 0.15) is 0 Å². The Morgan fingerprint density at radius 3 is 2.31 bits per heavy atom. The van der Waals surface area contributed by atoms with Crippen LogP contribution in [0.5, 0.6) is 0 Å². The maximum absolute atomic E-state index is 5.35. The molecule has 1 aromatic heterocycles. The molecule has 0 bridgehead atoms. The van der Waals surface area contributed by atoms with Gasteiger partial charge < -0.3 is 15.0 Å². The van der Waals surface area contributed by atoms with Gasteiger partial charge in [0, 0.05) is 24.7 Å². The van der Waals surface area contributed by atoms with Crippen molar-refractivity contribution in [2.45, 2.75) is 13.2 Å². The number of aromatic nitrogens is 1. The summed E-state index contributed by atoms with van der Waals surface area (Å²) in [5, 5.41) is 4.77. The first-order valence-electron chi connectivity index (χ1n) is 8.81. The second-order valence-electron chi connectivity index (χ2n) is 6.43. The lowest BCUT2D eigenvalue weighted by molar-refractivity contribution is 0.185. The summed E-state index contributed by atoms with van der Waals surface area (Å²) in [4.78, 5) is 3.58. The van der Waals surface area contributed by atoms with Gasteiger partial charge in [0.05, 0.1) is 17.8 Å². The molecule has 0 aliphatic carbocycles. The summed E-state index contributed by atoms with van der Waals surface area (Å²) >= 11 is 0. The summed E-state index contributed by atoms with van der Waals surface area (Å²) in [6.45, 7) is 1.38. The number of rotatable bonds is 6. The van der Waals surface area contributed by atoms with Crippen LogP contribution in [0.1, 0.15) is 11.1 Å². The topological polar surface area (TPSA) is 37.0 Å². The Labute approximate surface area is 153 Å². The third-order valence-corrected chi connectivity index (χ3v) is 4.51. The van der Waals surface area contributed by atoms with E-state index in [-0.39, 0.29) is 0 Å².